The van der Waals surface area contributed by atoms with Crippen molar-refractivity contribution in [1.29, 1.82) is 0 Å². The third-order valence-electron chi connectivity index (χ3n) is 1.34. The maximum Gasteiger partial charge on any atom is 0.322 e. The zero-order chi connectivity index (χ0) is 6.69. The Morgan fingerprint density at radius 1 is 1.36 bits per heavy atom. The lowest BCUT2D eigenvalue weighted by atomic mass is 10.2. The van der Waals surface area contributed by atoms with E-state index in [1.54, 1.807) is 0 Å². The molecule has 0 amide bonds. The van der Waals surface area contributed by atoms with Gasteiger partial charge in [-0.15, -0.1) is 34.0 Å². The largest absolute Gasteiger partial charge is 0.480 e. The van der Waals surface area contributed by atoms with Crippen molar-refractivity contribution >= 4 is 39.9 Å². The van der Waals surface area contributed by atoms with Crippen molar-refractivity contribution in [2.75, 3.05) is 19.6 Å². The Hall–Kier alpha value is 0.350. The lowest BCUT2D eigenvalue weighted by Gasteiger charge is -2.20. The molecule has 4 nitrogen and oxygen atoms in total. The number of nitrogens with one attached hydrogen (secondary N) is 2. The molecule has 0 saturated carbocycles. The molecule has 0 aliphatic carbocycles. The second-order valence-corrected chi connectivity index (χ2v) is 2.05. The van der Waals surface area contributed by atoms with E-state index >= 15 is 0 Å². The van der Waals surface area contributed by atoms with Gasteiger partial charge in [0.2, 0.25) is 0 Å². The van der Waals surface area contributed by atoms with Crippen LogP contribution in [0, 0.1) is 0 Å². The smallest absolute Gasteiger partial charge is 0.322 e. The van der Waals surface area contributed by atoms with Crippen molar-refractivity contribution in [2.24, 2.45) is 0 Å². The van der Waals surface area contributed by atoms with Crippen LogP contribution in [0.2, 0.25) is 0 Å². The van der Waals surface area contributed by atoms with Crippen molar-refractivity contribution in [3.8, 4) is 0 Å². The molecule has 1 saturated heterocycles. The number of piperazine rings is 1. The second kappa shape index (κ2) is 7.02. The minimum atomic E-state index is -0.776. The maximum atomic E-state index is 10.3. The van der Waals surface area contributed by atoms with E-state index in [0.29, 0.717) is 6.54 Å². The first-order valence-corrected chi connectivity index (χ1v) is 2.97. The van der Waals surface area contributed by atoms with Gasteiger partial charge in [0.05, 0.1) is 0 Å². The zero-order valence-corrected chi connectivity index (χ0v) is 9.30. The number of carboxylic acids is 1. The molecule has 1 fully saturated rings. The van der Waals surface area contributed by atoms with Crippen LogP contribution in [0.25, 0.3) is 0 Å². The van der Waals surface area contributed by atoms with Crippen LogP contribution in [-0.2, 0) is 4.79 Å². The van der Waals surface area contributed by atoms with Crippen LogP contribution in [0.4, 0.5) is 0 Å². The molecule has 1 rings (SSSR count). The predicted octanol–water partition coefficient (Wildman–Crippen LogP) is -0.212. The van der Waals surface area contributed by atoms with Gasteiger partial charge in [0.1, 0.15) is 6.04 Å². The summed E-state index contributed by atoms with van der Waals surface area (Å²) in [6.45, 7) is 2.15. The molecule has 6 heteroatoms. The van der Waals surface area contributed by atoms with E-state index in [2.05, 4.69) is 10.6 Å². The van der Waals surface area contributed by atoms with E-state index in [0.717, 1.165) is 13.1 Å². The highest BCUT2D eigenvalue weighted by atomic mass is 79.9. The van der Waals surface area contributed by atoms with Crippen molar-refractivity contribution < 1.29 is 9.90 Å². The van der Waals surface area contributed by atoms with Crippen LogP contribution in [0.3, 0.4) is 0 Å². The molecule has 0 aromatic heterocycles. The molecule has 1 aliphatic heterocycles. The molecule has 1 heterocycles. The van der Waals surface area contributed by atoms with E-state index in [-0.39, 0.29) is 34.0 Å². The predicted molar refractivity (Wildman–Crippen MR) is 52.9 cm³/mol. The summed E-state index contributed by atoms with van der Waals surface area (Å²) in [5.41, 5.74) is 0. The van der Waals surface area contributed by atoms with Crippen molar-refractivity contribution in [1.82, 2.24) is 10.6 Å². The number of hydrogen-bond acceptors (Lipinski definition) is 3. The average molecular weight is 292 g/mol. The summed E-state index contributed by atoms with van der Waals surface area (Å²) in [6, 6.07) is -0.390. The van der Waals surface area contributed by atoms with E-state index in [1.165, 1.54) is 0 Å². The van der Waals surface area contributed by atoms with Crippen molar-refractivity contribution in [2.45, 2.75) is 6.04 Å². The van der Waals surface area contributed by atoms with Crippen LogP contribution in [0.15, 0.2) is 0 Å². The molecule has 68 valence electrons. The number of halogens is 2. The van der Waals surface area contributed by atoms with Crippen LogP contribution < -0.4 is 10.6 Å². The average Bonchev–Trinajstić information content (AvgIpc) is 1.90. The highest BCUT2D eigenvalue weighted by Crippen LogP contribution is 1.84. The molecule has 1 unspecified atom stereocenters. The molecule has 0 radical (unpaired) electrons. The fourth-order valence-corrected chi connectivity index (χ4v) is 0.828. The van der Waals surface area contributed by atoms with Gasteiger partial charge in [-0.05, 0) is 0 Å². The van der Waals surface area contributed by atoms with E-state index < -0.39 is 12.0 Å². The Bertz CT molecular complexity index is 117. The van der Waals surface area contributed by atoms with Gasteiger partial charge in [0.25, 0.3) is 0 Å². The molecule has 1 aliphatic rings. The minimum Gasteiger partial charge on any atom is -0.480 e. The van der Waals surface area contributed by atoms with Crippen LogP contribution in [-0.4, -0.2) is 36.8 Å². The van der Waals surface area contributed by atoms with Gasteiger partial charge < -0.3 is 15.7 Å². The van der Waals surface area contributed by atoms with Gasteiger partial charge in [-0.3, -0.25) is 4.79 Å². The monoisotopic (exact) mass is 290 g/mol. The van der Waals surface area contributed by atoms with Gasteiger partial charge in [-0.2, -0.15) is 0 Å². The lowest BCUT2D eigenvalue weighted by molar-refractivity contribution is -0.139. The Balaban J connectivity index is 0. The van der Waals surface area contributed by atoms with Gasteiger partial charge in [-0.1, -0.05) is 0 Å². The number of carboxylic acid groups (broad SMARTS) is 1. The van der Waals surface area contributed by atoms with Crippen LogP contribution in [0.1, 0.15) is 0 Å². The molecule has 0 bridgehead atoms. The molecular formula is C5H12Br2N2O2. The van der Waals surface area contributed by atoms with Crippen LogP contribution >= 0.6 is 34.0 Å². The lowest BCUT2D eigenvalue weighted by Crippen LogP contribution is -2.52. The van der Waals surface area contributed by atoms with Gasteiger partial charge in [0, 0.05) is 19.6 Å². The normalized spacial score (nSPS) is 22.7. The van der Waals surface area contributed by atoms with E-state index in [9.17, 15) is 4.79 Å². The first-order chi connectivity index (χ1) is 4.30. The van der Waals surface area contributed by atoms with Gasteiger partial charge in [0.15, 0.2) is 0 Å². The number of carbonyl (C=O) groups is 1. The minimum absolute atomic E-state index is 0. The van der Waals surface area contributed by atoms with E-state index in [4.69, 9.17) is 5.11 Å². The molecule has 11 heavy (non-hydrogen) atoms. The molecule has 0 aromatic rings. The Kier molecular flexibility index (Phi) is 8.88. The van der Waals surface area contributed by atoms with Gasteiger partial charge >= 0.3 is 5.97 Å². The zero-order valence-electron chi connectivity index (χ0n) is 5.87. The van der Waals surface area contributed by atoms with Crippen molar-refractivity contribution in [3.05, 3.63) is 0 Å². The second-order valence-electron chi connectivity index (χ2n) is 2.05. The third kappa shape index (κ3) is 4.73. The highest BCUT2D eigenvalue weighted by molar-refractivity contribution is 8.93. The third-order valence-corrected chi connectivity index (χ3v) is 1.34. The Labute approximate surface area is 86.3 Å². The molecule has 3 N–H and O–H groups in total. The Morgan fingerprint density at radius 2 is 2.00 bits per heavy atom. The number of hydrogen-bond donors (Lipinski definition) is 3. The summed E-state index contributed by atoms with van der Waals surface area (Å²) in [6.07, 6.45) is 0. The molecule has 0 spiro atoms. The summed E-state index contributed by atoms with van der Waals surface area (Å²) in [7, 11) is 0. The number of aliphatic carboxylic acids is 1. The Morgan fingerprint density at radius 3 is 2.27 bits per heavy atom. The molecule has 0 aromatic carbocycles. The van der Waals surface area contributed by atoms with E-state index in [1.807, 2.05) is 0 Å². The number of rotatable bonds is 1. The summed E-state index contributed by atoms with van der Waals surface area (Å²) < 4.78 is 0. The quantitative estimate of drug-likeness (QED) is 0.626. The van der Waals surface area contributed by atoms with Gasteiger partial charge in [-0.25, -0.2) is 0 Å². The summed E-state index contributed by atoms with van der Waals surface area (Å²) in [5.74, 6) is -0.776. The molecular weight excluding hydrogens is 280 g/mol. The first kappa shape index (κ1) is 13.9. The fourth-order valence-electron chi connectivity index (χ4n) is 0.828. The fraction of sp³-hybridized carbons (Fsp3) is 0.800. The SMILES string of the molecule is Br.Br.O=C(O)C1CNCCN1. The maximum absolute atomic E-state index is 10.3. The summed E-state index contributed by atoms with van der Waals surface area (Å²) >= 11 is 0. The summed E-state index contributed by atoms with van der Waals surface area (Å²) in [4.78, 5) is 10.3. The highest BCUT2D eigenvalue weighted by Gasteiger charge is 2.18. The topological polar surface area (TPSA) is 61.4 Å². The first-order valence-electron chi connectivity index (χ1n) is 2.97. The van der Waals surface area contributed by atoms with Crippen LogP contribution in [0.5, 0.6) is 0 Å². The molecule has 1 atom stereocenters. The van der Waals surface area contributed by atoms with Crippen molar-refractivity contribution in [3.63, 3.8) is 0 Å². The summed E-state index contributed by atoms with van der Waals surface area (Å²) in [5, 5.41) is 14.3. The standard InChI is InChI=1S/C5H10N2O2.2BrH/c8-5(9)4-3-6-1-2-7-4;;/h4,6-7H,1-3H2,(H,8,9);2*1H.